The standard InChI is InChI=1S/C18H19N3S.BrH/c1-3-12-19-18-20-17(15-9-5-4-6-10-15)21(22-18)16-11-7-8-14(2)13-16;/h4-11,13H,3,12H2,1-2H3;1H. The third-order valence-corrected chi connectivity index (χ3v) is 4.26. The van der Waals surface area contributed by atoms with Crippen LogP contribution in [0.15, 0.2) is 59.6 Å². The van der Waals surface area contributed by atoms with Gasteiger partial charge >= 0.3 is 0 Å². The van der Waals surface area contributed by atoms with Crippen LogP contribution in [0, 0.1) is 6.92 Å². The number of hydrogen-bond donors (Lipinski definition) is 0. The molecule has 1 aromatic heterocycles. The first-order valence-corrected chi connectivity index (χ1v) is 8.28. The van der Waals surface area contributed by atoms with Crippen LogP contribution in [-0.2, 0) is 0 Å². The van der Waals surface area contributed by atoms with Crippen molar-refractivity contribution in [1.29, 1.82) is 0 Å². The van der Waals surface area contributed by atoms with Crippen molar-refractivity contribution in [2.24, 2.45) is 4.99 Å². The molecule has 23 heavy (non-hydrogen) atoms. The van der Waals surface area contributed by atoms with Gasteiger partial charge in [-0.2, -0.15) is 4.98 Å². The summed E-state index contributed by atoms with van der Waals surface area (Å²) >= 11 is 1.59. The summed E-state index contributed by atoms with van der Waals surface area (Å²) in [5, 5.41) is 0. The molecule has 0 spiro atoms. The normalized spacial score (nSPS) is 11.3. The predicted octanol–water partition coefficient (Wildman–Crippen LogP) is 4.80. The first-order valence-electron chi connectivity index (χ1n) is 7.51. The Labute approximate surface area is 151 Å². The zero-order chi connectivity index (χ0) is 15.4. The van der Waals surface area contributed by atoms with E-state index in [1.54, 1.807) is 11.5 Å². The van der Waals surface area contributed by atoms with Crippen molar-refractivity contribution >= 4 is 28.5 Å². The van der Waals surface area contributed by atoms with Crippen molar-refractivity contribution in [2.75, 3.05) is 6.54 Å². The molecule has 0 saturated heterocycles. The molecular weight excluding hydrogens is 370 g/mol. The number of hydrogen-bond acceptors (Lipinski definition) is 3. The highest BCUT2D eigenvalue weighted by Gasteiger charge is 2.10. The second-order valence-corrected chi connectivity index (χ2v) is 6.10. The lowest BCUT2D eigenvalue weighted by molar-refractivity contribution is 0.898. The molecule has 0 bridgehead atoms. The molecule has 0 saturated carbocycles. The van der Waals surface area contributed by atoms with Crippen LogP contribution in [0.3, 0.4) is 0 Å². The molecule has 3 aromatic rings. The Hall–Kier alpha value is -1.72. The van der Waals surface area contributed by atoms with E-state index in [1.165, 1.54) is 5.56 Å². The number of benzene rings is 2. The fraction of sp³-hybridized carbons (Fsp3) is 0.222. The van der Waals surface area contributed by atoms with Crippen LogP contribution in [0.25, 0.3) is 17.1 Å². The molecule has 120 valence electrons. The Morgan fingerprint density at radius 2 is 1.87 bits per heavy atom. The van der Waals surface area contributed by atoms with Gasteiger partial charge in [0.1, 0.15) is 0 Å². The molecule has 2 aromatic carbocycles. The van der Waals surface area contributed by atoms with Crippen LogP contribution in [0.5, 0.6) is 0 Å². The van der Waals surface area contributed by atoms with E-state index < -0.39 is 0 Å². The number of rotatable bonds is 4. The van der Waals surface area contributed by atoms with Gasteiger partial charge in [-0.1, -0.05) is 49.4 Å². The van der Waals surface area contributed by atoms with Gasteiger partial charge in [-0.3, -0.25) is 4.99 Å². The maximum absolute atomic E-state index is 4.74. The van der Waals surface area contributed by atoms with Gasteiger partial charge in [0.15, 0.2) is 5.82 Å². The smallest absolute Gasteiger partial charge is 0.223 e. The zero-order valence-electron chi connectivity index (χ0n) is 13.3. The molecule has 0 amide bonds. The molecular formula is C18H20BrN3S. The van der Waals surface area contributed by atoms with Gasteiger partial charge in [0.25, 0.3) is 0 Å². The Morgan fingerprint density at radius 1 is 1.09 bits per heavy atom. The van der Waals surface area contributed by atoms with Crippen LogP contribution >= 0.6 is 28.5 Å². The van der Waals surface area contributed by atoms with E-state index in [-0.39, 0.29) is 17.0 Å². The molecule has 0 radical (unpaired) electrons. The van der Waals surface area contributed by atoms with Crippen molar-refractivity contribution in [3.63, 3.8) is 0 Å². The molecule has 3 rings (SSSR count). The van der Waals surface area contributed by atoms with E-state index in [1.807, 2.05) is 18.2 Å². The van der Waals surface area contributed by atoms with Crippen LogP contribution < -0.4 is 4.80 Å². The predicted molar refractivity (Wildman–Crippen MR) is 103 cm³/mol. The van der Waals surface area contributed by atoms with E-state index in [9.17, 15) is 0 Å². The lowest BCUT2D eigenvalue weighted by Gasteiger charge is -2.06. The molecule has 0 fully saturated rings. The maximum atomic E-state index is 4.74. The Balaban J connectivity index is 0.00000192. The Kier molecular flexibility index (Phi) is 6.30. The van der Waals surface area contributed by atoms with Crippen molar-refractivity contribution < 1.29 is 0 Å². The quantitative estimate of drug-likeness (QED) is 0.630. The topological polar surface area (TPSA) is 30.2 Å². The SMILES string of the molecule is Br.CCCN=c1nc(-c2ccccc2)n(-c2cccc(C)c2)s1. The maximum Gasteiger partial charge on any atom is 0.223 e. The minimum atomic E-state index is 0. The summed E-state index contributed by atoms with van der Waals surface area (Å²) < 4.78 is 2.16. The third kappa shape index (κ3) is 4.18. The highest BCUT2D eigenvalue weighted by molar-refractivity contribution is 8.93. The number of aromatic nitrogens is 2. The average molecular weight is 390 g/mol. The molecule has 0 atom stereocenters. The summed E-state index contributed by atoms with van der Waals surface area (Å²) in [6, 6.07) is 18.8. The van der Waals surface area contributed by atoms with Crippen molar-refractivity contribution in [2.45, 2.75) is 20.3 Å². The van der Waals surface area contributed by atoms with Crippen LogP contribution in [-0.4, -0.2) is 15.5 Å². The molecule has 3 nitrogen and oxygen atoms in total. The Bertz CT molecular complexity index is 822. The van der Waals surface area contributed by atoms with Gasteiger partial charge in [-0.25, -0.2) is 3.96 Å². The summed E-state index contributed by atoms with van der Waals surface area (Å²) in [5.41, 5.74) is 3.48. The van der Waals surface area contributed by atoms with Gasteiger partial charge in [0.05, 0.1) is 5.69 Å². The second-order valence-electron chi connectivity index (χ2n) is 5.19. The molecule has 0 N–H and O–H groups in total. The van der Waals surface area contributed by atoms with E-state index >= 15 is 0 Å². The van der Waals surface area contributed by atoms with Gasteiger partial charge in [-0.15, -0.1) is 17.0 Å². The summed E-state index contributed by atoms with van der Waals surface area (Å²) in [6.07, 6.45) is 1.03. The zero-order valence-corrected chi connectivity index (χ0v) is 15.8. The molecule has 0 aliphatic heterocycles. The minimum Gasteiger partial charge on any atom is -0.256 e. The fourth-order valence-electron chi connectivity index (χ4n) is 2.25. The number of aryl methyl sites for hydroxylation is 1. The summed E-state index contributed by atoms with van der Waals surface area (Å²) in [5.74, 6) is 0.950. The molecule has 1 heterocycles. The minimum absolute atomic E-state index is 0. The number of halogens is 1. The summed E-state index contributed by atoms with van der Waals surface area (Å²) in [6.45, 7) is 5.05. The van der Waals surface area contributed by atoms with Crippen molar-refractivity contribution in [3.8, 4) is 17.1 Å². The third-order valence-electron chi connectivity index (χ3n) is 3.31. The largest absolute Gasteiger partial charge is 0.256 e. The molecule has 0 unspecified atom stereocenters. The number of nitrogens with zero attached hydrogens (tertiary/aromatic N) is 3. The van der Waals surface area contributed by atoms with E-state index in [4.69, 9.17) is 4.98 Å². The van der Waals surface area contributed by atoms with Gasteiger partial charge in [0, 0.05) is 12.1 Å². The van der Waals surface area contributed by atoms with Crippen LogP contribution in [0.2, 0.25) is 0 Å². The molecule has 5 heteroatoms. The Morgan fingerprint density at radius 3 is 2.57 bits per heavy atom. The molecule has 0 aliphatic rings. The van der Waals surface area contributed by atoms with E-state index in [0.29, 0.717) is 0 Å². The summed E-state index contributed by atoms with van der Waals surface area (Å²) in [4.78, 5) is 10.1. The average Bonchev–Trinajstić information content (AvgIpc) is 2.98. The highest BCUT2D eigenvalue weighted by atomic mass is 79.9. The van der Waals surface area contributed by atoms with E-state index in [0.717, 1.165) is 34.8 Å². The van der Waals surface area contributed by atoms with E-state index in [2.05, 4.69) is 59.2 Å². The highest BCUT2D eigenvalue weighted by Crippen LogP contribution is 2.22. The van der Waals surface area contributed by atoms with Gasteiger partial charge < -0.3 is 0 Å². The lowest BCUT2D eigenvalue weighted by Crippen LogP contribution is -1.99. The first-order chi connectivity index (χ1) is 10.8. The monoisotopic (exact) mass is 389 g/mol. The van der Waals surface area contributed by atoms with Crippen LogP contribution in [0.4, 0.5) is 0 Å². The van der Waals surface area contributed by atoms with Crippen molar-refractivity contribution in [1.82, 2.24) is 8.94 Å². The lowest BCUT2D eigenvalue weighted by atomic mass is 10.2. The second kappa shape index (κ2) is 8.22. The van der Waals surface area contributed by atoms with Gasteiger partial charge in [-0.05, 0) is 42.6 Å². The molecule has 0 aliphatic carbocycles. The van der Waals surface area contributed by atoms with Gasteiger partial charge in [0.2, 0.25) is 4.80 Å². The van der Waals surface area contributed by atoms with Crippen molar-refractivity contribution in [3.05, 3.63) is 65.0 Å². The summed E-state index contributed by atoms with van der Waals surface area (Å²) in [7, 11) is 0. The first kappa shape index (κ1) is 17.6. The van der Waals surface area contributed by atoms with Crippen LogP contribution in [0.1, 0.15) is 18.9 Å². The fourth-order valence-corrected chi connectivity index (χ4v) is 3.14.